The number of nitrogens with zero attached hydrogens (tertiary/aromatic N) is 2. The van der Waals surface area contributed by atoms with Crippen molar-refractivity contribution in [3.8, 4) is 5.69 Å². The van der Waals surface area contributed by atoms with E-state index in [2.05, 4.69) is 5.10 Å². The number of hydrogen-bond donors (Lipinski definition) is 1. The minimum absolute atomic E-state index is 0.289. The van der Waals surface area contributed by atoms with Crippen LogP contribution in [-0.2, 0) is 0 Å². The monoisotopic (exact) mass is 219 g/mol. The molecule has 2 aromatic rings. The SMILES string of the molecule is Cc1cc(C)n(-c2cc(C)c(F)cc2N)n1. The first-order valence-corrected chi connectivity index (χ1v) is 5.08. The average Bonchev–Trinajstić information content (AvgIpc) is 2.51. The summed E-state index contributed by atoms with van der Waals surface area (Å²) in [6, 6.07) is 5.00. The van der Waals surface area contributed by atoms with Crippen LogP contribution in [0.15, 0.2) is 18.2 Å². The predicted molar refractivity (Wildman–Crippen MR) is 62.1 cm³/mol. The number of hydrogen-bond acceptors (Lipinski definition) is 2. The Kier molecular flexibility index (Phi) is 2.42. The lowest BCUT2D eigenvalue weighted by atomic mass is 10.2. The third-order valence-corrected chi connectivity index (χ3v) is 2.55. The minimum atomic E-state index is -0.289. The summed E-state index contributed by atoms with van der Waals surface area (Å²) in [6.45, 7) is 5.57. The molecule has 16 heavy (non-hydrogen) atoms. The lowest BCUT2D eigenvalue weighted by molar-refractivity contribution is 0.618. The highest BCUT2D eigenvalue weighted by molar-refractivity contribution is 5.59. The highest BCUT2D eigenvalue weighted by Crippen LogP contribution is 2.22. The molecule has 1 heterocycles. The first kappa shape index (κ1) is 10.7. The second-order valence-corrected chi connectivity index (χ2v) is 4.00. The Morgan fingerprint density at radius 2 is 1.88 bits per heavy atom. The van der Waals surface area contributed by atoms with Gasteiger partial charge in [0.05, 0.1) is 17.1 Å². The van der Waals surface area contributed by atoms with E-state index in [0.29, 0.717) is 11.3 Å². The summed E-state index contributed by atoms with van der Waals surface area (Å²) in [5, 5.41) is 4.33. The van der Waals surface area contributed by atoms with Crippen molar-refractivity contribution in [3.05, 3.63) is 41.0 Å². The molecule has 0 aliphatic heterocycles. The molecule has 0 atom stereocenters. The molecule has 84 valence electrons. The van der Waals surface area contributed by atoms with Gasteiger partial charge in [0, 0.05) is 5.69 Å². The van der Waals surface area contributed by atoms with E-state index in [1.807, 2.05) is 19.9 Å². The molecular weight excluding hydrogens is 205 g/mol. The first-order valence-electron chi connectivity index (χ1n) is 5.08. The van der Waals surface area contributed by atoms with Crippen LogP contribution in [0.2, 0.25) is 0 Å². The van der Waals surface area contributed by atoms with Gasteiger partial charge in [-0.3, -0.25) is 0 Å². The maximum absolute atomic E-state index is 13.3. The van der Waals surface area contributed by atoms with Crippen LogP contribution in [0.5, 0.6) is 0 Å². The van der Waals surface area contributed by atoms with Crippen molar-refractivity contribution >= 4 is 5.69 Å². The van der Waals surface area contributed by atoms with E-state index in [0.717, 1.165) is 17.1 Å². The van der Waals surface area contributed by atoms with E-state index >= 15 is 0 Å². The molecule has 0 unspecified atom stereocenters. The van der Waals surface area contributed by atoms with Gasteiger partial charge in [0.1, 0.15) is 5.82 Å². The number of nitrogens with two attached hydrogens (primary N) is 1. The molecule has 0 aliphatic carbocycles. The zero-order valence-corrected chi connectivity index (χ0v) is 9.58. The van der Waals surface area contributed by atoms with Gasteiger partial charge in [-0.25, -0.2) is 9.07 Å². The summed E-state index contributed by atoms with van der Waals surface area (Å²) >= 11 is 0. The number of halogens is 1. The molecule has 0 saturated carbocycles. The number of nitrogen functional groups attached to an aromatic ring is 1. The van der Waals surface area contributed by atoms with Crippen LogP contribution in [0.1, 0.15) is 17.0 Å². The number of aryl methyl sites for hydroxylation is 3. The molecule has 0 bridgehead atoms. The molecule has 2 rings (SSSR count). The molecule has 4 heteroatoms. The van der Waals surface area contributed by atoms with Crippen molar-refractivity contribution in [2.75, 3.05) is 5.73 Å². The van der Waals surface area contributed by atoms with Gasteiger partial charge in [-0.05, 0) is 44.5 Å². The van der Waals surface area contributed by atoms with Gasteiger partial charge in [-0.15, -0.1) is 0 Å². The van der Waals surface area contributed by atoms with Gasteiger partial charge < -0.3 is 5.73 Å². The molecular formula is C12H14FN3. The molecule has 0 radical (unpaired) electrons. The molecule has 2 N–H and O–H groups in total. The lowest BCUT2D eigenvalue weighted by Gasteiger charge is -2.09. The Morgan fingerprint density at radius 3 is 2.44 bits per heavy atom. The Hall–Kier alpha value is -1.84. The van der Waals surface area contributed by atoms with Crippen LogP contribution in [0.3, 0.4) is 0 Å². The molecule has 1 aromatic heterocycles. The number of rotatable bonds is 1. The first-order chi connectivity index (χ1) is 7.49. The highest BCUT2D eigenvalue weighted by atomic mass is 19.1. The van der Waals surface area contributed by atoms with Crippen LogP contribution in [0, 0.1) is 26.6 Å². The van der Waals surface area contributed by atoms with Crippen molar-refractivity contribution in [1.29, 1.82) is 0 Å². The third-order valence-electron chi connectivity index (χ3n) is 2.55. The van der Waals surface area contributed by atoms with Gasteiger partial charge in [0.15, 0.2) is 0 Å². The quantitative estimate of drug-likeness (QED) is 0.749. The smallest absolute Gasteiger partial charge is 0.128 e. The van der Waals surface area contributed by atoms with Crippen molar-refractivity contribution in [2.24, 2.45) is 0 Å². The summed E-state index contributed by atoms with van der Waals surface area (Å²) in [5.74, 6) is -0.289. The zero-order valence-electron chi connectivity index (χ0n) is 9.58. The van der Waals surface area contributed by atoms with Crippen LogP contribution >= 0.6 is 0 Å². The molecule has 0 spiro atoms. The standard InChI is InChI=1S/C12H14FN3/c1-7-4-12(11(14)6-10(7)13)16-9(3)5-8(2)15-16/h4-6H,14H2,1-3H3. The Morgan fingerprint density at radius 1 is 1.19 bits per heavy atom. The Labute approximate surface area is 93.7 Å². The van der Waals surface area contributed by atoms with E-state index in [1.54, 1.807) is 17.7 Å². The fraction of sp³-hybridized carbons (Fsp3) is 0.250. The number of benzene rings is 1. The van der Waals surface area contributed by atoms with Crippen LogP contribution < -0.4 is 5.73 Å². The highest BCUT2D eigenvalue weighted by Gasteiger charge is 2.09. The average molecular weight is 219 g/mol. The normalized spacial score (nSPS) is 10.8. The summed E-state index contributed by atoms with van der Waals surface area (Å²) < 4.78 is 15.0. The summed E-state index contributed by atoms with van der Waals surface area (Å²) in [6.07, 6.45) is 0. The van der Waals surface area contributed by atoms with Crippen molar-refractivity contribution in [1.82, 2.24) is 9.78 Å². The van der Waals surface area contributed by atoms with Gasteiger partial charge in [-0.1, -0.05) is 0 Å². The van der Waals surface area contributed by atoms with E-state index in [9.17, 15) is 4.39 Å². The molecule has 1 aromatic carbocycles. The lowest BCUT2D eigenvalue weighted by Crippen LogP contribution is -2.04. The second kappa shape index (κ2) is 3.63. The molecule has 0 saturated heterocycles. The van der Waals surface area contributed by atoms with Crippen molar-refractivity contribution < 1.29 is 4.39 Å². The summed E-state index contributed by atoms with van der Waals surface area (Å²) in [5.41, 5.74) is 9.39. The van der Waals surface area contributed by atoms with Crippen LogP contribution in [-0.4, -0.2) is 9.78 Å². The molecule has 0 amide bonds. The zero-order chi connectivity index (χ0) is 11.9. The predicted octanol–water partition coefficient (Wildman–Crippen LogP) is 2.52. The van der Waals surface area contributed by atoms with E-state index < -0.39 is 0 Å². The Bertz CT molecular complexity index is 543. The van der Waals surface area contributed by atoms with Gasteiger partial charge in [0.2, 0.25) is 0 Å². The topological polar surface area (TPSA) is 43.8 Å². The maximum atomic E-state index is 13.3. The van der Waals surface area contributed by atoms with Crippen molar-refractivity contribution in [2.45, 2.75) is 20.8 Å². The molecule has 3 nitrogen and oxygen atoms in total. The van der Waals surface area contributed by atoms with Gasteiger partial charge >= 0.3 is 0 Å². The number of aromatic nitrogens is 2. The van der Waals surface area contributed by atoms with E-state index in [4.69, 9.17) is 5.73 Å². The third kappa shape index (κ3) is 1.66. The molecule has 0 aliphatic rings. The van der Waals surface area contributed by atoms with Gasteiger partial charge in [-0.2, -0.15) is 5.10 Å². The largest absolute Gasteiger partial charge is 0.397 e. The van der Waals surface area contributed by atoms with E-state index in [1.165, 1.54) is 6.07 Å². The summed E-state index contributed by atoms with van der Waals surface area (Å²) in [4.78, 5) is 0. The van der Waals surface area contributed by atoms with Crippen molar-refractivity contribution in [3.63, 3.8) is 0 Å². The van der Waals surface area contributed by atoms with E-state index in [-0.39, 0.29) is 5.82 Å². The second-order valence-electron chi connectivity index (χ2n) is 4.00. The van der Waals surface area contributed by atoms with Crippen LogP contribution in [0.4, 0.5) is 10.1 Å². The fourth-order valence-electron chi connectivity index (χ4n) is 1.74. The number of anilines is 1. The van der Waals surface area contributed by atoms with Crippen LogP contribution in [0.25, 0.3) is 5.69 Å². The summed E-state index contributed by atoms with van der Waals surface area (Å²) in [7, 11) is 0. The molecule has 0 fully saturated rings. The fourth-order valence-corrected chi connectivity index (χ4v) is 1.74. The Balaban J connectivity index is 2.64. The van der Waals surface area contributed by atoms with Gasteiger partial charge in [0.25, 0.3) is 0 Å². The minimum Gasteiger partial charge on any atom is -0.397 e. The maximum Gasteiger partial charge on any atom is 0.128 e.